The van der Waals surface area contributed by atoms with Crippen molar-refractivity contribution in [2.75, 3.05) is 6.61 Å². The van der Waals surface area contributed by atoms with Gasteiger partial charge in [0, 0.05) is 6.89 Å². The summed E-state index contributed by atoms with van der Waals surface area (Å²) in [5.74, 6) is 0. The number of amides is 1. The van der Waals surface area contributed by atoms with Crippen LogP contribution >= 0.6 is 19.1 Å². The van der Waals surface area contributed by atoms with Gasteiger partial charge in [-0.15, -0.1) is 0 Å². The predicted molar refractivity (Wildman–Crippen MR) is 140 cm³/mol. The first-order chi connectivity index (χ1) is 15.5. The van der Waals surface area contributed by atoms with E-state index in [0.717, 1.165) is 15.9 Å². The Morgan fingerprint density at radius 2 is 1.31 bits per heavy atom. The van der Waals surface area contributed by atoms with Gasteiger partial charge in [0.25, 0.3) is 0 Å². The number of benzene rings is 3. The number of aliphatic imine (C=N–C) groups is 1. The average molecular weight is 464 g/mol. The first-order valence-corrected chi connectivity index (χ1v) is 12.4. The second-order valence-corrected chi connectivity index (χ2v) is 10.7. The molecule has 0 fully saturated rings. The van der Waals surface area contributed by atoms with Crippen LogP contribution in [0.15, 0.2) is 96.0 Å². The lowest BCUT2D eigenvalue weighted by molar-refractivity contribution is 0.158. The molecule has 164 valence electrons. The van der Waals surface area contributed by atoms with E-state index in [-0.39, 0.29) is 11.7 Å². The number of carbonyl (C=O) groups is 1. The average Bonchev–Trinajstić information content (AvgIpc) is 2.81. The van der Waals surface area contributed by atoms with Gasteiger partial charge in [0.1, 0.15) is 0 Å². The van der Waals surface area contributed by atoms with Gasteiger partial charge in [0.2, 0.25) is 0 Å². The number of nitrogens with two attached hydrogens (primary N) is 1. The van der Waals surface area contributed by atoms with Crippen LogP contribution in [0.4, 0.5) is 4.79 Å². The Balaban J connectivity index is 2.58. The summed E-state index contributed by atoms with van der Waals surface area (Å²) in [6, 6.07) is 30.4. The van der Waals surface area contributed by atoms with Gasteiger partial charge >= 0.3 is 6.09 Å². The molecule has 5 nitrogen and oxygen atoms in total. The van der Waals surface area contributed by atoms with Crippen molar-refractivity contribution in [3.05, 3.63) is 91.0 Å². The predicted octanol–water partition coefficient (Wildman–Crippen LogP) is 3.56. The molecule has 3 aromatic carbocycles. The summed E-state index contributed by atoms with van der Waals surface area (Å²) in [6.45, 7) is 1.23. The second kappa shape index (κ2) is 10.9. The number of nitrogens with one attached hydrogen (secondary N) is 1. The third-order valence-electron chi connectivity index (χ3n) is 4.88. The fraction of sp³-hybridized carbons (Fsp3) is 0.120. The lowest BCUT2D eigenvalue weighted by atomic mass is 10.3. The minimum Gasteiger partial charge on any atom is -0.450 e. The molecule has 0 aromatic heterocycles. The van der Waals surface area contributed by atoms with E-state index < -0.39 is 13.0 Å². The summed E-state index contributed by atoms with van der Waals surface area (Å²) in [6.07, 6.45) is -0.549. The molecular formula is C25H26N3O2PS. The van der Waals surface area contributed by atoms with Crippen LogP contribution < -0.4 is 27.0 Å². The Morgan fingerprint density at radius 1 is 0.906 bits per heavy atom. The van der Waals surface area contributed by atoms with E-state index in [1.54, 1.807) is 6.92 Å². The summed E-state index contributed by atoms with van der Waals surface area (Å²) >= 11 is 5.07. The molecule has 3 N–H and O–H groups in total. The Bertz CT molecular complexity index is 1060. The monoisotopic (exact) mass is 463 g/mol. The minimum atomic E-state index is -2.59. The molecule has 3 rings (SSSR count). The molecule has 0 radical (unpaired) electrons. The molecular weight excluding hydrogens is 437 g/mol. The van der Waals surface area contributed by atoms with Gasteiger partial charge in [-0.2, -0.15) is 0 Å². The number of hydrogen-bond acceptors (Lipinski definition) is 3. The van der Waals surface area contributed by atoms with Crippen molar-refractivity contribution in [2.45, 2.75) is 13.8 Å². The highest BCUT2D eigenvalue weighted by Gasteiger charge is 2.32. The highest BCUT2D eigenvalue weighted by Crippen LogP contribution is 2.45. The van der Waals surface area contributed by atoms with Crippen LogP contribution in [-0.2, 0) is 4.74 Å². The van der Waals surface area contributed by atoms with Crippen LogP contribution in [-0.4, -0.2) is 28.9 Å². The van der Waals surface area contributed by atoms with Gasteiger partial charge in [-0.3, -0.25) is 5.32 Å². The van der Waals surface area contributed by atoms with Crippen molar-refractivity contribution in [1.82, 2.24) is 5.32 Å². The first kappa shape index (κ1) is 23.5. The number of carbonyl (C=O) groups excluding carboxylic acids is 1. The molecule has 3 aromatic rings. The van der Waals surface area contributed by atoms with E-state index in [2.05, 4.69) is 46.7 Å². The minimum absolute atomic E-state index is 0.00190. The molecule has 0 heterocycles. The third kappa shape index (κ3) is 4.98. The van der Waals surface area contributed by atoms with Gasteiger partial charge in [0.15, 0.2) is 5.11 Å². The number of hydrogen-bond donors (Lipinski definition) is 2. The number of nitrogens with zero attached hydrogens (tertiary/aromatic N) is 1. The van der Waals surface area contributed by atoms with E-state index in [0.29, 0.717) is 11.1 Å². The molecule has 1 amide bonds. The normalized spacial score (nSPS) is 11.5. The zero-order valence-electron chi connectivity index (χ0n) is 18.1. The van der Waals surface area contributed by atoms with E-state index in [9.17, 15) is 4.79 Å². The van der Waals surface area contributed by atoms with Crippen molar-refractivity contribution in [2.24, 2.45) is 10.7 Å². The molecule has 0 saturated carbocycles. The van der Waals surface area contributed by atoms with Crippen LogP contribution in [0.1, 0.15) is 13.8 Å². The fourth-order valence-corrected chi connectivity index (χ4v) is 8.15. The van der Waals surface area contributed by atoms with Gasteiger partial charge in [-0.05, 0) is 42.0 Å². The Morgan fingerprint density at radius 3 is 1.66 bits per heavy atom. The van der Waals surface area contributed by atoms with Crippen LogP contribution in [0.25, 0.3) is 0 Å². The molecule has 0 bridgehead atoms. The molecule has 0 aliphatic carbocycles. The van der Waals surface area contributed by atoms with E-state index >= 15 is 0 Å². The Hall–Kier alpha value is -3.21. The summed E-state index contributed by atoms with van der Waals surface area (Å²) in [4.78, 5) is 17.1. The van der Waals surface area contributed by atoms with Crippen molar-refractivity contribution in [3.8, 4) is 0 Å². The molecule has 0 aliphatic rings. The SMILES string of the molecule is CCOC(=O)NC(C(C)=NC(N)=S)=P(c1ccccc1)(c1ccccc1)c1ccccc1. The lowest BCUT2D eigenvalue weighted by Crippen LogP contribution is -2.43. The summed E-state index contributed by atoms with van der Waals surface area (Å²) in [7, 11) is 0. The maximum absolute atomic E-state index is 12.7. The number of rotatable bonds is 6. The Labute approximate surface area is 194 Å². The highest BCUT2D eigenvalue weighted by molar-refractivity contribution is 7.96. The lowest BCUT2D eigenvalue weighted by Gasteiger charge is -2.32. The molecule has 0 unspecified atom stereocenters. The number of ether oxygens (including phenoxy) is 1. The van der Waals surface area contributed by atoms with Crippen LogP contribution in [0.3, 0.4) is 0 Å². The van der Waals surface area contributed by atoms with Gasteiger partial charge in [-0.25, -0.2) is 9.79 Å². The van der Waals surface area contributed by atoms with Gasteiger partial charge in [-0.1, -0.05) is 91.0 Å². The van der Waals surface area contributed by atoms with Gasteiger partial charge < -0.3 is 10.5 Å². The van der Waals surface area contributed by atoms with E-state index in [4.69, 9.17) is 22.7 Å². The largest absolute Gasteiger partial charge is 0.450 e. The fourth-order valence-electron chi connectivity index (χ4n) is 3.69. The quantitative estimate of drug-likeness (QED) is 0.333. The van der Waals surface area contributed by atoms with E-state index in [1.165, 1.54) is 0 Å². The number of thiocarbonyl (C=S) groups is 1. The maximum Gasteiger partial charge on any atom is 0.411 e. The molecule has 7 heteroatoms. The zero-order valence-corrected chi connectivity index (χ0v) is 19.8. The topological polar surface area (TPSA) is 76.7 Å². The summed E-state index contributed by atoms with van der Waals surface area (Å²) in [5, 5.41) is 6.19. The first-order valence-electron chi connectivity index (χ1n) is 10.2. The maximum atomic E-state index is 12.7. The molecule has 0 spiro atoms. The molecule has 0 atom stereocenters. The number of alkyl carbamates (subject to hydrolysis) is 1. The third-order valence-corrected chi connectivity index (χ3v) is 9.30. The van der Waals surface area contributed by atoms with Crippen LogP contribution in [0.2, 0.25) is 0 Å². The Kier molecular flexibility index (Phi) is 7.98. The summed E-state index contributed by atoms with van der Waals surface area (Å²) < 4.78 is 5.26. The zero-order chi connectivity index (χ0) is 23.0. The smallest absolute Gasteiger partial charge is 0.411 e. The highest BCUT2D eigenvalue weighted by atomic mass is 32.1. The van der Waals surface area contributed by atoms with E-state index in [1.807, 2.05) is 61.5 Å². The van der Waals surface area contributed by atoms with Crippen LogP contribution in [0, 0.1) is 0 Å². The summed E-state index contributed by atoms with van der Waals surface area (Å²) in [5.41, 5.74) is 6.95. The molecule has 0 aliphatic heterocycles. The van der Waals surface area contributed by atoms with Crippen molar-refractivity contribution < 1.29 is 9.53 Å². The molecule has 0 saturated heterocycles. The van der Waals surface area contributed by atoms with Crippen molar-refractivity contribution in [3.63, 3.8) is 0 Å². The second-order valence-electron chi connectivity index (χ2n) is 6.91. The van der Waals surface area contributed by atoms with Crippen molar-refractivity contribution in [1.29, 1.82) is 0 Å². The standard InChI is InChI=1S/C25H26N3O2PS/c1-3-30-25(29)28-23(19(2)27-24(26)32)31(20-13-7-4-8-14-20,21-15-9-5-10-16-21)22-17-11-6-12-18-22/h4-18H,3H2,1-2H3,(H2,26,32)(H,28,29). The van der Waals surface area contributed by atoms with Crippen LogP contribution in [0.5, 0.6) is 0 Å². The van der Waals surface area contributed by atoms with Crippen molar-refractivity contribution >= 4 is 57.4 Å². The molecule has 32 heavy (non-hydrogen) atoms. The van der Waals surface area contributed by atoms with Gasteiger partial charge in [0.05, 0.1) is 17.7 Å².